The smallest absolute Gasteiger partial charge is 0.187 e. The first-order valence-electron chi connectivity index (χ1n) is 4.09. The van der Waals surface area contributed by atoms with Gasteiger partial charge >= 0.3 is 0 Å². The summed E-state index contributed by atoms with van der Waals surface area (Å²) in [5, 5.41) is 0. The topological polar surface area (TPSA) is 0 Å². The highest BCUT2D eigenvalue weighted by Crippen LogP contribution is 2.03. The molecule has 0 aliphatic rings. The molecule has 0 aliphatic heterocycles. The molecule has 0 fully saturated rings. The van der Waals surface area contributed by atoms with Gasteiger partial charge in [0.05, 0.1) is 26.2 Å². The Balaban J connectivity index is -0.000000107. The maximum atomic E-state index is 2.27. The molecule has 0 saturated heterocycles. The number of hydrogen-bond acceptors (Lipinski definition) is 0. The molecule has 1 nitrogen and oxygen atoms in total. The largest absolute Gasteiger partial charge is 1.00 e. The fraction of sp³-hybridized carbons (Fsp3) is 1.00. The number of hydrogen-bond donors (Lipinski definition) is 0. The van der Waals surface area contributed by atoms with E-state index in [1.165, 1.54) is 30.7 Å². The standard InChI is InChI=1S/C8H20N.2Al.7H/c1-5-9(6-2,7-3)8-4;;;;;;;;;/h5-8H2,1-4H3;;;;;;;;;/q+1;;;;;;;;;-1. The molecular weight excluding hydrogens is 164 g/mol. The Hall–Kier alpha value is 1.02. The van der Waals surface area contributed by atoms with Crippen molar-refractivity contribution in [3.63, 3.8) is 0 Å². The highest BCUT2D eigenvalue weighted by atomic mass is 27.0. The minimum atomic E-state index is 0. The summed E-state index contributed by atoms with van der Waals surface area (Å²) in [7, 11) is 0. The third kappa shape index (κ3) is 5.29. The third-order valence-electron chi connectivity index (χ3n) is 2.68. The van der Waals surface area contributed by atoms with Gasteiger partial charge in [-0.2, -0.15) is 0 Å². The van der Waals surface area contributed by atoms with Crippen LogP contribution in [0.5, 0.6) is 0 Å². The summed E-state index contributed by atoms with van der Waals surface area (Å²) in [6.45, 7) is 14.2. The van der Waals surface area contributed by atoms with Crippen LogP contribution >= 0.6 is 0 Å². The first kappa shape index (κ1) is 17.9. The fourth-order valence-corrected chi connectivity index (χ4v) is 1.34. The first-order chi connectivity index (χ1) is 4.24. The zero-order valence-electron chi connectivity index (χ0n) is 8.28. The second kappa shape index (κ2) is 9.12. The molecule has 0 radical (unpaired) electrons. The van der Waals surface area contributed by atoms with Crippen LogP contribution in [0.25, 0.3) is 0 Å². The van der Waals surface area contributed by atoms with E-state index in [1.54, 1.807) is 0 Å². The van der Waals surface area contributed by atoms with E-state index in [-0.39, 0.29) is 36.1 Å². The Labute approximate surface area is 94.5 Å². The van der Waals surface area contributed by atoms with Crippen LogP contribution in [0.15, 0.2) is 0 Å². The van der Waals surface area contributed by atoms with Gasteiger partial charge in [0.15, 0.2) is 34.7 Å². The van der Waals surface area contributed by atoms with Crippen molar-refractivity contribution in [3.8, 4) is 0 Å². The summed E-state index contributed by atoms with van der Waals surface area (Å²) >= 11 is 0. The number of rotatable bonds is 4. The van der Waals surface area contributed by atoms with E-state index in [0.29, 0.717) is 0 Å². The predicted octanol–water partition coefficient (Wildman–Crippen LogP) is -0.373. The summed E-state index contributed by atoms with van der Waals surface area (Å²) in [4.78, 5) is 0. The Morgan fingerprint density at radius 3 is 0.909 bits per heavy atom. The Morgan fingerprint density at radius 1 is 0.727 bits per heavy atom. The second-order valence-corrected chi connectivity index (χ2v) is 2.61. The lowest BCUT2D eigenvalue weighted by atomic mass is 10.3. The maximum Gasteiger partial charge on any atom is 0.187 e. The van der Waals surface area contributed by atoms with Gasteiger partial charge < -0.3 is 5.91 Å². The lowest BCUT2D eigenvalue weighted by molar-refractivity contribution is -0.921. The molecule has 0 saturated carbocycles. The molecule has 0 bridgehead atoms. The zero-order valence-corrected chi connectivity index (χ0v) is 7.28. The average molecular weight is 191 g/mol. The van der Waals surface area contributed by atoms with Crippen LogP contribution in [0.2, 0.25) is 0 Å². The molecule has 0 rings (SSSR count). The summed E-state index contributed by atoms with van der Waals surface area (Å²) in [5.41, 5.74) is 0. The Bertz CT molecular complexity index is 59.9. The van der Waals surface area contributed by atoms with Crippen LogP contribution in [-0.2, 0) is 0 Å². The molecule has 0 aromatic carbocycles. The number of quaternary nitrogens is 1. The normalized spacial score (nSPS) is 9.82. The molecule has 3 heteroatoms. The van der Waals surface area contributed by atoms with Gasteiger partial charge in [0.2, 0.25) is 0 Å². The van der Waals surface area contributed by atoms with Crippen molar-refractivity contribution in [1.82, 2.24) is 0 Å². The average Bonchev–Trinajstić information content (AvgIpc) is 1.95. The molecule has 0 unspecified atom stereocenters. The zero-order chi connectivity index (χ0) is 7.33. The monoisotopic (exact) mass is 191 g/mol. The van der Waals surface area contributed by atoms with Crippen molar-refractivity contribution >= 4 is 34.7 Å². The van der Waals surface area contributed by atoms with E-state index in [9.17, 15) is 0 Å². The lowest BCUT2D eigenvalue weighted by Crippen LogP contribution is -2.47. The summed E-state index contributed by atoms with van der Waals surface area (Å²) < 4.78 is 1.28. The maximum absolute atomic E-state index is 2.27. The van der Waals surface area contributed by atoms with Gasteiger partial charge in [-0.1, -0.05) is 0 Å². The van der Waals surface area contributed by atoms with Gasteiger partial charge in [-0.15, -0.1) is 0 Å². The van der Waals surface area contributed by atoms with Crippen molar-refractivity contribution in [2.24, 2.45) is 0 Å². The summed E-state index contributed by atoms with van der Waals surface area (Å²) in [5.74, 6) is 0. The first-order valence-corrected chi connectivity index (χ1v) is 4.09. The van der Waals surface area contributed by atoms with Crippen molar-refractivity contribution < 1.29 is 5.91 Å². The van der Waals surface area contributed by atoms with E-state index < -0.39 is 0 Å². The van der Waals surface area contributed by atoms with Crippen molar-refractivity contribution in [3.05, 3.63) is 0 Å². The molecule has 11 heavy (non-hydrogen) atoms. The molecule has 0 aromatic heterocycles. The molecule has 0 spiro atoms. The van der Waals surface area contributed by atoms with Gasteiger partial charge in [-0.25, -0.2) is 0 Å². The molecule has 70 valence electrons. The van der Waals surface area contributed by atoms with Gasteiger partial charge in [0.25, 0.3) is 0 Å². The fourth-order valence-electron chi connectivity index (χ4n) is 1.34. The van der Waals surface area contributed by atoms with Crippen LogP contribution in [0.3, 0.4) is 0 Å². The quantitative estimate of drug-likeness (QED) is 0.420. The number of nitrogens with zero attached hydrogens (tertiary/aromatic N) is 1. The van der Waals surface area contributed by atoms with E-state index >= 15 is 0 Å². The minimum Gasteiger partial charge on any atom is -1.00 e. The van der Waals surface area contributed by atoms with Gasteiger partial charge in [-0.05, 0) is 27.7 Å². The van der Waals surface area contributed by atoms with Crippen LogP contribution < -0.4 is 0 Å². The van der Waals surface area contributed by atoms with Crippen LogP contribution in [0, 0.1) is 0 Å². The molecule has 0 N–H and O–H groups in total. The lowest BCUT2D eigenvalue weighted by Gasteiger charge is -2.34. The minimum absolute atomic E-state index is 0. The van der Waals surface area contributed by atoms with Gasteiger partial charge in [0, 0.05) is 0 Å². The van der Waals surface area contributed by atoms with E-state index in [1.807, 2.05) is 0 Å². The summed E-state index contributed by atoms with van der Waals surface area (Å²) in [6, 6.07) is 0. The molecule has 0 atom stereocenters. The SMILES string of the molecule is CC[N+](CC)(CC)CC.[AlH3].[AlH3].[H-]. The second-order valence-electron chi connectivity index (χ2n) is 2.61. The van der Waals surface area contributed by atoms with E-state index in [0.717, 1.165) is 0 Å². The van der Waals surface area contributed by atoms with Crippen molar-refractivity contribution in [2.75, 3.05) is 26.2 Å². The Kier molecular flexibility index (Phi) is 14.9. The van der Waals surface area contributed by atoms with Gasteiger partial charge in [0.1, 0.15) is 0 Å². The van der Waals surface area contributed by atoms with Gasteiger partial charge in [-0.3, -0.25) is 0 Å². The third-order valence-corrected chi connectivity index (χ3v) is 2.68. The van der Waals surface area contributed by atoms with E-state index in [2.05, 4.69) is 27.7 Å². The molecule has 0 amide bonds. The molecule has 0 heterocycles. The highest BCUT2D eigenvalue weighted by Gasteiger charge is 2.16. The Morgan fingerprint density at radius 2 is 0.909 bits per heavy atom. The molecule has 0 aromatic rings. The van der Waals surface area contributed by atoms with Crippen LogP contribution in [0.1, 0.15) is 29.1 Å². The predicted molar refractivity (Wildman–Crippen MR) is 63.4 cm³/mol. The van der Waals surface area contributed by atoms with Crippen molar-refractivity contribution in [1.29, 1.82) is 0 Å². The van der Waals surface area contributed by atoms with Crippen molar-refractivity contribution in [2.45, 2.75) is 27.7 Å². The highest BCUT2D eigenvalue weighted by molar-refractivity contribution is 5.76. The van der Waals surface area contributed by atoms with E-state index in [4.69, 9.17) is 0 Å². The molecular formula is C8H27Al2N. The van der Waals surface area contributed by atoms with Crippen LogP contribution in [-0.4, -0.2) is 65.4 Å². The van der Waals surface area contributed by atoms with Crippen LogP contribution in [0.4, 0.5) is 0 Å². The molecule has 0 aliphatic carbocycles. The summed E-state index contributed by atoms with van der Waals surface area (Å²) in [6.07, 6.45) is 0.